The summed E-state index contributed by atoms with van der Waals surface area (Å²) >= 11 is 0. The Bertz CT molecular complexity index is 373. The topological polar surface area (TPSA) is 83.5 Å². The maximum atomic E-state index is 7.32. The van der Waals surface area contributed by atoms with Gasteiger partial charge in [0, 0.05) is 25.4 Å². The normalized spacial score (nSPS) is 11.3. The second-order valence-corrected chi connectivity index (χ2v) is 3.44. The lowest BCUT2D eigenvalue weighted by Crippen LogP contribution is -2.16. The molecule has 0 aromatic heterocycles. The van der Waals surface area contributed by atoms with Crippen LogP contribution in [0.25, 0.3) is 0 Å². The van der Waals surface area contributed by atoms with Gasteiger partial charge < -0.3 is 21.3 Å². The van der Waals surface area contributed by atoms with Crippen LogP contribution in [-0.2, 0) is 11.3 Å². The van der Waals surface area contributed by atoms with E-state index < -0.39 is 0 Å². The zero-order chi connectivity index (χ0) is 12.5. The fraction of sp³-hybridized carbons (Fsp3) is 0.333. The number of hydrogen-bond acceptors (Lipinski definition) is 5. The van der Waals surface area contributed by atoms with Crippen LogP contribution in [0.3, 0.4) is 0 Å². The average molecular weight is 234 g/mol. The third-order valence-electron chi connectivity index (χ3n) is 2.24. The minimum absolute atomic E-state index is 0.517. The molecule has 0 unspecified atom stereocenters. The van der Waals surface area contributed by atoms with Crippen molar-refractivity contribution in [2.45, 2.75) is 6.54 Å². The van der Waals surface area contributed by atoms with Gasteiger partial charge >= 0.3 is 0 Å². The highest BCUT2D eigenvalue weighted by Crippen LogP contribution is 2.04. The summed E-state index contributed by atoms with van der Waals surface area (Å²) in [6.45, 7) is 1.72. The number of nitrogens with one attached hydrogen (secondary N) is 2. The highest BCUT2D eigenvalue weighted by molar-refractivity contribution is 6.37. The lowest BCUT2D eigenvalue weighted by Gasteiger charge is -2.04. The van der Waals surface area contributed by atoms with Gasteiger partial charge in [0.1, 0.15) is 5.71 Å². The van der Waals surface area contributed by atoms with Crippen molar-refractivity contribution in [2.75, 3.05) is 20.3 Å². The third kappa shape index (κ3) is 4.34. The molecule has 17 heavy (non-hydrogen) atoms. The van der Waals surface area contributed by atoms with Crippen molar-refractivity contribution < 1.29 is 4.74 Å². The Hall–Kier alpha value is -1.72. The van der Waals surface area contributed by atoms with E-state index in [1.165, 1.54) is 6.21 Å². The average Bonchev–Trinajstić information content (AvgIpc) is 2.39. The van der Waals surface area contributed by atoms with Crippen LogP contribution in [0, 0.1) is 5.41 Å². The van der Waals surface area contributed by atoms with E-state index in [-0.39, 0.29) is 0 Å². The summed E-state index contributed by atoms with van der Waals surface area (Å²) in [6, 6.07) is 7.68. The molecule has 0 saturated carbocycles. The maximum absolute atomic E-state index is 7.32. The molecule has 0 fully saturated rings. The van der Waals surface area contributed by atoms with Gasteiger partial charge in [0.05, 0.1) is 13.2 Å². The molecular weight excluding hydrogens is 216 g/mol. The SMILES string of the molecule is COCCN/N=C(\C=N)c1ccc(CN)cc1. The van der Waals surface area contributed by atoms with Gasteiger partial charge in [0.25, 0.3) is 0 Å². The summed E-state index contributed by atoms with van der Waals surface area (Å²) < 4.78 is 4.89. The van der Waals surface area contributed by atoms with E-state index >= 15 is 0 Å². The van der Waals surface area contributed by atoms with E-state index in [4.69, 9.17) is 15.9 Å². The van der Waals surface area contributed by atoms with Gasteiger partial charge in [0.2, 0.25) is 0 Å². The first-order chi connectivity index (χ1) is 8.31. The standard InChI is InChI=1S/C12H18N4O/c1-17-7-6-15-16-12(9-14)11-4-2-10(8-13)3-5-11/h2-5,9,14-15H,6-8,13H2,1H3/b14-9?,16-12+. The number of ether oxygens (including phenoxy) is 1. The predicted octanol–water partition coefficient (Wildman–Crippen LogP) is 0.735. The fourth-order valence-electron chi connectivity index (χ4n) is 1.28. The van der Waals surface area contributed by atoms with Gasteiger partial charge in [-0.25, -0.2) is 0 Å². The van der Waals surface area contributed by atoms with Crippen LogP contribution >= 0.6 is 0 Å². The van der Waals surface area contributed by atoms with Crippen LogP contribution in [-0.4, -0.2) is 32.2 Å². The number of hydrazone groups is 1. The minimum atomic E-state index is 0.517. The van der Waals surface area contributed by atoms with Crippen molar-refractivity contribution in [3.8, 4) is 0 Å². The molecule has 1 aromatic carbocycles. The maximum Gasteiger partial charge on any atom is 0.108 e. The van der Waals surface area contributed by atoms with E-state index in [0.717, 1.165) is 11.1 Å². The second-order valence-electron chi connectivity index (χ2n) is 3.44. The number of rotatable bonds is 7. The Morgan fingerprint density at radius 3 is 2.71 bits per heavy atom. The monoisotopic (exact) mass is 234 g/mol. The van der Waals surface area contributed by atoms with Gasteiger partial charge in [-0.3, -0.25) is 0 Å². The highest BCUT2D eigenvalue weighted by Gasteiger charge is 2.00. The lowest BCUT2D eigenvalue weighted by molar-refractivity contribution is 0.200. The van der Waals surface area contributed by atoms with Crippen molar-refractivity contribution in [2.24, 2.45) is 10.8 Å². The smallest absolute Gasteiger partial charge is 0.108 e. The van der Waals surface area contributed by atoms with Gasteiger partial charge in [-0.1, -0.05) is 24.3 Å². The van der Waals surface area contributed by atoms with Crippen LogP contribution in [0.4, 0.5) is 0 Å². The summed E-state index contributed by atoms with van der Waals surface area (Å²) in [6.07, 6.45) is 1.22. The van der Waals surface area contributed by atoms with Crippen LogP contribution in [0.5, 0.6) is 0 Å². The van der Waals surface area contributed by atoms with Crippen LogP contribution < -0.4 is 11.2 Å². The first kappa shape index (κ1) is 13.3. The Balaban J connectivity index is 2.68. The fourth-order valence-corrected chi connectivity index (χ4v) is 1.28. The molecule has 0 amide bonds. The molecule has 0 aliphatic heterocycles. The third-order valence-corrected chi connectivity index (χ3v) is 2.24. The Morgan fingerprint density at radius 1 is 1.47 bits per heavy atom. The minimum Gasteiger partial charge on any atom is -0.383 e. The number of nitrogens with zero attached hydrogens (tertiary/aromatic N) is 1. The first-order valence-electron chi connectivity index (χ1n) is 5.41. The summed E-state index contributed by atoms with van der Waals surface area (Å²) in [5, 5.41) is 11.4. The second kappa shape index (κ2) is 7.54. The molecule has 0 heterocycles. The molecule has 0 bridgehead atoms. The molecule has 5 heteroatoms. The molecule has 1 rings (SSSR count). The van der Waals surface area contributed by atoms with Gasteiger partial charge in [0.15, 0.2) is 0 Å². The molecule has 0 saturated heterocycles. The summed E-state index contributed by atoms with van der Waals surface area (Å²) in [5.74, 6) is 0. The molecule has 5 nitrogen and oxygen atoms in total. The van der Waals surface area contributed by atoms with Crippen molar-refractivity contribution in [1.29, 1.82) is 5.41 Å². The number of benzene rings is 1. The van der Waals surface area contributed by atoms with E-state index in [2.05, 4.69) is 10.5 Å². The van der Waals surface area contributed by atoms with Crippen LogP contribution in [0.15, 0.2) is 29.4 Å². The zero-order valence-electron chi connectivity index (χ0n) is 9.94. The summed E-state index contributed by atoms with van der Waals surface area (Å²) in [7, 11) is 1.63. The van der Waals surface area contributed by atoms with E-state index in [9.17, 15) is 0 Å². The Kier molecular flexibility index (Phi) is 5.92. The molecule has 0 spiro atoms. The molecule has 1 aromatic rings. The van der Waals surface area contributed by atoms with Crippen molar-refractivity contribution >= 4 is 11.9 Å². The lowest BCUT2D eigenvalue weighted by atomic mass is 10.1. The molecule has 0 aliphatic carbocycles. The molecule has 0 radical (unpaired) electrons. The summed E-state index contributed by atoms with van der Waals surface area (Å²) in [4.78, 5) is 0. The van der Waals surface area contributed by atoms with Crippen molar-refractivity contribution in [3.63, 3.8) is 0 Å². The highest BCUT2D eigenvalue weighted by atomic mass is 16.5. The predicted molar refractivity (Wildman–Crippen MR) is 69.5 cm³/mol. The van der Waals surface area contributed by atoms with E-state index in [1.807, 2.05) is 24.3 Å². The largest absolute Gasteiger partial charge is 0.383 e. The molecule has 4 N–H and O–H groups in total. The molecule has 0 aliphatic rings. The van der Waals surface area contributed by atoms with Crippen molar-refractivity contribution in [3.05, 3.63) is 35.4 Å². The van der Waals surface area contributed by atoms with E-state index in [1.54, 1.807) is 7.11 Å². The quantitative estimate of drug-likeness (QED) is 0.369. The van der Waals surface area contributed by atoms with E-state index in [0.29, 0.717) is 25.4 Å². The Labute approximate surface area is 101 Å². The van der Waals surface area contributed by atoms with Crippen LogP contribution in [0.2, 0.25) is 0 Å². The van der Waals surface area contributed by atoms with Crippen molar-refractivity contribution in [1.82, 2.24) is 5.43 Å². The molecule has 0 atom stereocenters. The summed E-state index contributed by atoms with van der Waals surface area (Å²) in [5.41, 5.74) is 10.9. The number of methoxy groups -OCH3 is 1. The Morgan fingerprint density at radius 2 is 2.18 bits per heavy atom. The zero-order valence-corrected chi connectivity index (χ0v) is 9.94. The van der Waals surface area contributed by atoms with Gasteiger partial charge in [-0.2, -0.15) is 5.10 Å². The first-order valence-corrected chi connectivity index (χ1v) is 5.41. The van der Waals surface area contributed by atoms with Gasteiger partial charge in [-0.15, -0.1) is 0 Å². The number of nitrogens with two attached hydrogens (primary N) is 1. The number of hydrogen-bond donors (Lipinski definition) is 3. The van der Waals surface area contributed by atoms with Gasteiger partial charge in [-0.05, 0) is 5.56 Å². The molecular formula is C12H18N4O. The van der Waals surface area contributed by atoms with Crippen LogP contribution in [0.1, 0.15) is 11.1 Å². The molecule has 92 valence electrons.